The van der Waals surface area contributed by atoms with Crippen molar-refractivity contribution >= 4 is 33.2 Å². The van der Waals surface area contributed by atoms with Gasteiger partial charge in [-0.05, 0) is 68.1 Å². The van der Waals surface area contributed by atoms with E-state index >= 15 is 0 Å². The van der Waals surface area contributed by atoms with Crippen LogP contribution in [0.15, 0.2) is 77.7 Å². The minimum atomic E-state index is -3.74. The van der Waals surface area contributed by atoms with Crippen molar-refractivity contribution in [3.63, 3.8) is 0 Å². The zero-order valence-electron chi connectivity index (χ0n) is 17.7. The Morgan fingerprint density at radius 1 is 1.06 bits per heavy atom. The third-order valence-corrected chi connectivity index (χ3v) is 6.19. The van der Waals surface area contributed by atoms with Crippen molar-refractivity contribution in [3.8, 4) is 11.5 Å². The number of rotatable bonds is 8. The van der Waals surface area contributed by atoms with Crippen molar-refractivity contribution < 1.29 is 17.9 Å². The average molecular weight is 474 g/mol. The van der Waals surface area contributed by atoms with Crippen LogP contribution in [0.25, 0.3) is 0 Å². The summed E-state index contributed by atoms with van der Waals surface area (Å²) in [4.78, 5) is 14.4. The van der Waals surface area contributed by atoms with Gasteiger partial charge in [-0.1, -0.05) is 35.9 Å². The lowest BCUT2D eigenvalue weighted by Gasteiger charge is -2.24. The molecule has 1 amide bonds. The number of nitrogens with one attached hydrogen (secondary N) is 1. The molecule has 1 atom stereocenters. The molecule has 0 spiro atoms. The van der Waals surface area contributed by atoms with Crippen LogP contribution in [0.1, 0.15) is 18.5 Å². The summed E-state index contributed by atoms with van der Waals surface area (Å²) in [5.41, 5.74) is 1.51. The van der Waals surface area contributed by atoms with Gasteiger partial charge in [0.2, 0.25) is 15.9 Å². The first-order chi connectivity index (χ1) is 15.1. The number of nitrogens with two attached hydrogens (primary N) is 1. The van der Waals surface area contributed by atoms with Crippen LogP contribution in [0.4, 0.5) is 5.69 Å². The second-order valence-electron chi connectivity index (χ2n) is 7.31. The summed E-state index contributed by atoms with van der Waals surface area (Å²) < 4.78 is 28.5. The Morgan fingerprint density at radius 2 is 1.69 bits per heavy atom. The lowest BCUT2D eigenvalue weighted by molar-refractivity contribution is -0.117. The quantitative estimate of drug-likeness (QED) is 0.504. The van der Waals surface area contributed by atoms with Gasteiger partial charge in [0.25, 0.3) is 0 Å². The molecule has 0 aromatic heterocycles. The lowest BCUT2D eigenvalue weighted by Crippen LogP contribution is -2.32. The van der Waals surface area contributed by atoms with Gasteiger partial charge in [-0.15, -0.1) is 0 Å². The third-order valence-electron chi connectivity index (χ3n) is 4.95. The van der Waals surface area contributed by atoms with Crippen molar-refractivity contribution in [3.05, 3.63) is 83.4 Å². The number of hydrogen-bond acceptors (Lipinski definition) is 5. The van der Waals surface area contributed by atoms with Crippen molar-refractivity contribution in [2.75, 3.05) is 18.9 Å². The van der Waals surface area contributed by atoms with E-state index in [2.05, 4.69) is 5.32 Å². The predicted octanol–water partition coefficient (Wildman–Crippen LogP) is 4.41. The van der Waals surface area contributed by atoms with Crippen LogP contribution in [0.5, 0.6) is 11.5 Å². The summed E-state index contributed by atoms with van der Waals surface area (Å²) in [7, 11) is -1.92. The molecule has 1 unspecified atom stereocenters. The Morgan fingerprint density at radius 3 is 2.28 bits per heavy atom. The van der Waals surface area contributed by atoms with Gasteiger partial charge in [0.05, 0.1) is 16.5 Å². The summed E-state index contributed by atoms with van der Waals surface area (Å²) in [6.07, 6.45) is 0. The van der Waals surface area contributed by atoms with E-state index in [1.807, 2.05) is 31.0 Å². The zero-order valence-corrected chi connectivity index (χ0v) is 19.2. The molecule has 0 aliphatic carbocycles. The number of halogens is 1. The van der Waals surface area contributed by atoms with Crippen LogP contribution in [0, 0.1) is 0 Å². The van der Waals surface area contributed by atoms with Crippen molar-refractivity contribution in [1.82, 2.24) is 4.90 Å². The number of nitrogens with zero attached hydrogens (tertiary/aromatic N) is 1. The van der Waals surface area contributed by atoms with Gasteiger partial charge in [-0.3, -0.25) is 9.69 Å². The molecule has 9 heteroatoms. The van der Waals surface area contributed by atoms with Crippen LogP contribution >= 0.6 is 11.6 Å². The van der Waals surface area contributed by atoms with Crippen molar-refractivity contribution in [2.24, 2.45) is 5.14 Å². The SMILES string of the molecule is CC(c1ccc(S(N)(=O)=O)cc1)N(C)CC(=O)Nc1ccc(Oc2ccccc2Cl)cc1. The highest BCUT2D eigenvalue weighted by molar-refractivity contribution is 7.89. The molecule has 7 nitrogen and oxygen atoms in total. The third kappa shape index (κ3) is 6.30. The van der Waals surface area contributed by atoms with E-state index in [4.69, 9.17) is 21.5 Å². The molecular formula is C23H24ClN3O4S. The van der Waals surface area contributed by atoms with Gasteiger partial charge in [-0.25, -0.2) is 13.6 Å². The van der Waals surface area contributed by atoms with Gasteiger partial charge < -0.3 is 10.1 Å². The molecule has 0 fully saturated rings. The van der Waals surface area contributed by atoms with E-state index in [-0.39, 0.29) is 23.4 Å². The molecule has 3 N–H and O–H groups in total. The Labute approximate surface area is 192 Å². The minimum Gasteiger partial charge on any atom is -0.456 e. The zero-order chi connectivity index (χ0) is 23.3. The molecule has 0 aliphatic heterocycles. The average Bonchev–Trinajstić information content (AvgIpc) is 2.75. The molecule has 0 saturated carbocycles. The fraction of sp³-hybridized carbons (Fsp3) is 0.174. The monoisotopic (exact) mass is 473 g/mol. The van der Waals surface area contributed by atoms with Gasteiger partial charge >= 0.3 is 0 Å². The second-order valence-corrected chi connectivity index (χ2v) is 9.28. The summed E-state index contributed by atoms with van der Waals surface area (Å²) >= 11 is 6.10. The number of likely N-dealkylation sites (N-methyl/N-ethyl adjacent to an activating group) is 1. The number of carbonyl (C=O) groups excluding carboxylic acids is 1. The molecule has 32 heavy (non-hydrogen) atoms. The van der Waals surface area contributed by atoms with Crippen LogP contribution < -0.4 is 15.2 Å². The number of amides is 1. The number of anilines is 1. The fourth-order valence-electron chi connectivity index (χ4n) is 3.02. The molecule has 3 aromatic rings. The smallest absolute Gasteiger partial charge is 0.238 e. The first-order valence-corrected chi connectivity index (χ1v) is 11.7. The molecule has 0 saturated heterocycles. The normalized spacial score (nSPS) is 12.4. The second kappa shape index (κ2) is 10.1. The maximum absolute atomic E-state index is 12.5. The summed E-state index contributed by atoms with van der Waals surface area (Å²) in [5.74, 6) is 0.976. The Bertz CT molecular complexity index is 1180. The summed E-state index contributed by atoms with van der Waals surface area (Å²) in [6, 6.07) is 20.4. The topological polar surface area (TPSA) is 102 Å². The first-order valence-electron chi connectivity index (χ1n) is 9.79. The maximum Gasteiger partial charge on any atom is 0.238 e. The first kappa shape index (κ1) is 23.7. The highest BCUT2D eigenvalue weighted by Gasteiger charge is 2.16. The van der Waals surface area contributed by atoms with E-state index < -0.39 is 10.0 Å². The summed E-state index contributed by atoms with van der Waals surface area (Å²) in [6.45, 7) is 2.08. The van der Waals surface area contributed by atoms with Crippen LogP contribution in [-0.4, -0.2) is 32.8 Å². The Hall–Kier alpha value is -2.91. The van der Waals surface area contributed by atoms with E-state index in [0.717, 1.165) is 5.56 Å². The largest absolute Gasteiger partial charge is 0.456 e. The lowest BCUT2D eigenvalue weighted by atomic mass is 10.1. The number of carbonyl (C=O) groups is 1. The Kier molecular flexibility index (Phi) is 7.52. The number of para-hydroxylation sites is 1. The molecule has 3 rings (SSSR count). The van der Waals surface area contributed by atoms with E-state index in [1.54, 1.807) is 48.5 Å². The molecule has 0 heterocycles. The van der Waals surface area contributed by atoms with Crippen LogP contribution in [0.3, 0.4) is 0 Å². The number of benzene rings is 3. The molecule has 168 valence electrons. The van der Waals surface area contributed by atoms with Crippen molar-refractivity contribution in [1.29, 1.82) is 0 Å². The molecule has 0 aliphatic rings. The van der Waals surface area contributed by atoms with Crippen molar-refractivity contribution in [2.45, 2.75) is 17.9 Å². The highest BCUT2D eigenvalue weighted by Crippen LogP contribution is 2.29. The Balaban J connectivity index is 1.56. The predicted molar refractivity (Wildman–Crippen MR) is 125 cm³/mol. The van der Waals surface area contributed by atoms with Gasteiger partial charge in [0.1, 0.15) is 11.5 Å². The number of hydrogen-bond donors (Lipinski definition) is 2. The van der Waals surface area contributed by atoms with Crippen LogP contribution in [-0.2, 0) is 14.8 Å². The molecule has 3 aromatic carbocycles. The minimum absolute atomic E-state index is 0.0517. The molecule has 0 radical (unpaired) electrons. The molecule has 0 bridgehead atoms. The van der Waals surface area contributed by atoms with E-state index in [1.165, 1.54) is 12.1 Å². The maximum atomic E-state index is 12.5. The van der Waals surface area contributed by atoms with Crippen LogP contribution in [0.2, 0.25) is 5.02 Å². The van der Waals surface area contributed by atoms with E-state index in [9.17, 15) is 13.2 Å². The van der Waals surface area contributed by atoms with Gasteiger partial charge in [0, 0.05) is 11.7 Å². The van der Waals surface area contributed by atoms with Gasteiger partial charge in [0.15, 0.2) is 0 Å². The van der Waals surface area contributed by atoms with E-state index in [0.29, 0.717) is 22.2 Å². The number of primary sulfonamides is 1. The van der Waals surface area contributed by atoms with Gasteiger partial charge in [-0.2, -0.15) is 0 Å². The fourth-order valence-corrected chi connectivity index (χ4v) is 3.70. The highest BCUT2D eigenvalue weighted by atomic mass is 35.5. The standard InChI is InChI=1S/C23H24ClN3O4S/c1-16(17-7-13-20(14-8-17)32(25,29)30)27(2)15-23(28)26-18-9-11-19(12-10-18)31-22-6-4-3-5-21(22)24/h3-14,16H,15H2,1-2H3,(H,26,28)(H2,25,29,30). The molecular weight excluding hydrogens is 450 g/mol. The summed E-state index contributed by atoms with van der Waals surface area (Å²) in [5, 5.41) is 8.50. The number of ether oxygens (including phenoxy) is 1. The number of sulfonamides is 1.